The number of pyridine rings is 1. The third-order valence-electron chi connectivity index (χ3n) is 7.42. The van der Waals surface area contributed by atoms with E-state index in [1.165, 1.54) is 13.3 Å². The Morgan fingerprint density at radius 3 is 2.49 bits per heavy atom. The van der Waals surface area contributed by atoms with Crippen molar-refractivity contribution in [1.29, 1.82) is 0 Å². The van der Waals surface area contributed by atoms with Crippen molar-refractivity contribution in [2.24, 2.45) is 5.41 Å². The Morgan fingerprint density at radius 1 is 1.18 bits per heavy atom. The maximum Gasteiger partial charge on any atom is 0.309 e. The molecular weight excluding hydrogens is 539 g/mol. The van der Waals surface area contributed by atoms with Crippen molar-refractivity contribution < 1.29 is 36.6 Å². The molecule has 0 aliphatic carbocycles. The highest BCUT2D eigenvalue weighted by Crippen LogP contribution is 2.42. The summed E-state index contributed by atoms with van der Waals surface area (Å²) in [6.45, 7) is 0.387. The van der Waals surface area contributed by atoms with E-state index < -0.39 is 41.7 Å². The number of hydrogen-bond acceptors (Lipinski definition) is 5. The number of nitrogens with zero attached hydrogens (tertiary/aromatic N) is 2. The zero-order valence-electron chi connectivity index (χ0n) is 21.4. The van der Waals surface area contributed by atoms with Crippen LogP contribution in [0.4, 0.5) is 22.0 Å². The zero-order chi connectivity index (χ0) is 28.2. The van der Waals surface area contributed by atoms with E-state index in [4.69, 9.17) is 4.74 Å². The van der Waals surface area contributed by atoms with Gasteiger partial charge in [0.25, 0.3) is 0 Å². The summed E-state index contributed by atoms with van der Waals surface area (Å²) in [6, 6.07) is 6.22. The molecule has 1 aliphatic rings. The van der Waals surface area contributed by atoms with Crippen molar-refractivity contribution in [3.63, 3.8) is 0 Å². The molecule has 1 aromatic heterocycles. The van der Waals surface area contributed by atoms with Gasteiger partial charge in [-0.3, -0.25) is 9.78 Å². The molecule has 1 atom stereocenters. The highest BCUT2D eigenvalue weighted by atomic mass is 32.2. The number of thioether (sulfide) groups is 1. The van der Waals surface area contributed by atoms with Gasteiger partial charge in [-0.15, -0.1) is 11.8 Å². The van der Waals surface area contributed by atoms with E-state index in [-0.39, 0.29) is 41.7 Å². The number of aromatic nitrogens is 1. The Balaban J connectivity index is 1.39. The van der Waals surface area contributed by atoms with Gasteiger partial charge in [0, 0.05) is 47.1 Å². The summed E-state index contributed by atoms with van der Waals surface area (Å²) in [5, 5.41) is 10.5. The Kier molecular flexibility index (Phi) is 9.32. The van der Waals surface area contributed by atoms with Crippen molar-refractivity contribution >= 4 is 28.6 Å². The molecule has 4 rings (SSSR count). The number of carboxylic acid groups (broad SMARTS) is 1. The Hall–Kier alpha value is -2.92. The number of halogens is 5. The van der Waals surface area contributed by atoms with Gasteiger partial charge in [0.2, 0.25) is 0 Å². The first kappa shape index (κ1) is 29.1. The number of rotatable bonds is 11. The predicted molar refractivity (Wildman–Crippen MR) is 139 cm³/mol. The quantitative estimate of drug-likeness (QED) is 0.201. The molecule has 0 amide bonds. The number of likely N-dealkylation sites (tertiary alicyclic amines) is 1. The number of benzene rings is 2. The first-order valence-electron chi connectivity index (χ1n) is 12.6. The number of alkyl halides is 2. The van der Waals surface area contributed by atoms with Gasteiger partial charge in [0.15, 0.2) is 0 Å². The summed E-state index contributed by atoms with van der Waals surface area (Å²) in [4.78, 5) is 18.2. The minimum absolute atomic E-state index is 0.0671. The van der Waals surface area contributed by atoms with Crippen LogP contribution in [0.3, 0.4) is 0 Å². The molecule has 1 aliphatic heterocycles. The van der Waals surface area contributed by atoms with Crippen LogP contribution >= 0.6 is 11.8 Å². The highest BCUT2D eigenvalue weighted by Gasteiger charge is 2.41. The SMILES string of the molecule is COc1ccc2ncc(CF)c([C@@H](F)CCC3(C(=O)O)CCN(CCSc4c(F)cc(F)cc4F)CC3)c2c1. The Bertz CT molecular complexity index is 1310. The van der Waals surface area contributed by atoms with Crippen molar-refractivity contribution in [2.75, 3.05) is 32.5 Å². The zero-order valence-corrected chi connectivity index (χ0v) is 22.2. The molecule has 0 bridgehead atoms. The number of fused-ring (bicyclic) bond motifs is 1. The van der Waals surface area contributed by atoms with Crippen molar-refractivity contribution in [1.82, 2.24) is 9.88 Å². The molecule has 0 radical (unpaired) electrons. The molecule has 0 spiro atoms. The van der Waals surface area contributed by atoms with Gasteiger partial charge in [0.05, 0.1) is 22.9 Å². The van der Waals surface area contributed by atoms with E-state index >= 15 is 4.39 Å². The smallest absolute Gasteiger partial charge is 0.309 e. The number of hydrogen-bond donors (Lipinski definition) is 1. The average molecular weight is 569 g/mol. The standard InChI is InChI=1S/C28H29F5N2O3S/c1-38-19-2-3-24-20(14-19)25(17(15-29)16-34-24)21(31)4-5-28(27(36)37)6-8-35(9-7-28)10-11-39-26-22(32)12-18(30)13-23(26)33/h2-3,12-14,16,21H,4-11,15H2,1H3,(H,36,37)/t21-/m0/s1. The van der Waals surface area contributed by atoms with E-state index in [0.717, 1.165) is 11.8 Å². The summed E-state index contributed by atoms with van der Waals surface area (Å²) < 4.78 is 75.6. The fourth-order valence-electron chi connectivity index (χ4n) is 5.10. The molecular formula is C28H29F5N2O3S. The van der Waals surface area contributed by atoms with Crippen LogP contribution in [-0.2, 0) is 11.5 Å². The van der Waals surface area contributed by atoms with Gasteiger partial charge in [-0.05, 0) is 57.0 Å². The van der Waals surface area contributed by atoms with Crippen molar-refractivity contribution in [3.05, 3.63) is 65.1 Å². The number of piperidine rings is 1. The molecule has 1 saturated heterocycles. The minimum Gasteiger partial charge on any atom is -0.497 e. The van der Waals surface area contributed by atoms with Gasteiger partial charge in [-0.1, -0.05) is 0 Å². The van der Waals surface area contributed by atoms with Crippen LogP contribution in [0.1, 0.15) is 43.0 Å². The van der Waals surface area contributed by atoms with Gasteiger partial charge < -0.3 is 14.7 Å². The topological polar surface area (TPSA) is 62.7 Å². The van der Waals surface area contributed by atoms with E-state index in [9.17, 15) is 27.5 Å². The average Bonchev–Trinajstić information content (AvgIpc) is 2.92. The third-order valence-corrected chi connectivity index (χ3v) is 8.48. The summed E-state index contributed by atoms with van der Waals surface area (Å²) in [5.74, 6) is -3.10. The summed E-state index contributed by atoms with van der Waals surface area (Å²) in [7, 11) is 1.47. The molecule has 2 heterocycles. The van der Waals surface area contributed by atoms with Crippen LogP contribution in [-0.4, -0.2) is 53.5 Å². The van der Waals surface area contributed by atoms with E-state index in [2.05, 4.69) is 4.98 Å². The fourth-order valence-corrected chi connectivity index (χ4v) is 6.05. The molecule has 0 unspecified atom stereocenters. The van der Waals surface area contributed by atoms with Crippen LogP contribution in [0, 0.1) is 22.9 Å². The number of methoxy groups -OCH3 is 1. The lowest BCUT2D eigenvalue weighted by Gasteiger charge is -2.39. The highest BCUT2D eigenvalue weighted by molar-refractivity contribution is 7.99. The molecule has 210 valence electrons. The number of carboxylic acids is 1. The van der Waals surface area contributed by atoms with Crippen LogP contribution in [0.2, 0.25) is 0 Å². The maximum absolute atomic E-state index is 15.7. The largest absolute Gasteiger partial charge is 0.497 e. The monoisotopic (exact) mass is 568 g/mol. The molecule has 2 aromatic carbocycles. The van der Waals surface area contributed by atoms with E-state index in [1.54, 1.807) is 18.2 Å². The first-order chi connectivity index (χ1) is 18.7. The van der Waals surface area contributed by atoms with Crippen LogP contribution in [0.25, 0.3) is 10.9 Å². The number of aliphatic carboxylic acids is 1. The second kappa shape index (κ2) is 12.5. The molecule has 1 N–H and O–H groups in total. The van der Waals surface area contributed by atoms with E-state index in [1.807, 2.05) is 4.90 Å². The lowest BCUT2D eigenvalue weighted by atomic mass is 9.74. The second-order valence-corrected chi connectivity index (χ2v) is 10.8. The predicted octanol–water partition coefficient (Wildman–Crippen LogP) is 6.88. The van der Waals surface area contributed by atoms with Crippen molar-refractivity contribution in [3.8, 4) is 5.75 Å². The van der Waals surface area contributed by atoms with Gasteiger partial charge in [-0.25, -0.2) is 22.0 Å². The summed E-state index contributed by atoms with van der Waals surface area (Å²) in [6.07, 6.45) is 0.232. The first-order valence-corrected chi connectivity index (χ1v) is 13.5. The summed E-state index contributed by atoms with van der Waals surface area (Å²) in [5.41, 5.74) is -0.365. The van der Waals surface area contributed by atoms with Gasteiger partial charge in [-0.2, -0.15) is 0 Å². The third kappa shape index (κ3) is 6.46. The van der Waals surface area contributed by atoms with Gasteiger partial charge >= 0.3 is 5.97 Å². The Morgan fingerprint density at radius 2 is 1.87 bits per heavy atom. The number of ether oxygens (including phenoxy) is 1. The molecule has 0 saturated carbocycles. The van der Waals surface area contributed by atoms with Crippen molar-refractivity contribution in [2.45, 2.75) is 43.4 Å². The number of carbonyl (C=O) groups is 1. The maximum atomic E-state index is 15.7. The normalized spacial score (nSPS) is 16.4. The lowest BCUT2D eigenvalue weighted by Crippen LogP contribution is -2.45. The molecule has 39 heavy (non-hydrogen) atoms. The van der Waals surface area contributed by atoms with Crippen LogP contribution in [0.15, 0.2) is 41.4 Å². The van der Waals surface area contributed by atoms with Crippen LogP contribution in [0.5, 0.6) is 5.75 Å². The molecule has 5 nitrogen and oxygen atoms in total. The lowest BCUT2D eigenvalue weighted by molar-refractivity contribution is -0.153. The van der Waals surface area contributed by atoms with Crippen LogP contribution < -0.4 is 4.74 Å². The molecule has 3 aromatic rings. The molecule has 11 heteroatoms. The van der Waals surface area contributed by atoms with Gasteiger partial charge in [0.1, 0.15) is 36.0 Å². The fraction of sp³-hybridized carbons (Fsp3) is 0.429. The molecule has 1 fully saturated rings. The second-order valence-electron chi connectivity index (χ2n) is 9.69. The van der Waals surface area contributed by atoms with E-state index in [0.29, 0.717) is 54.2 Å². The Labute approximate surface area is 227 Å². The minimum atomic E-state index is -1.60. The summed E-state index contributed by atoms with van der Waals surface area (Å²) >= 11 is 0.932.